The second-order valence-electron chi connectivity index (χ2n) is 4.06. The number of hydrogen-bond acceptors (Lipinski definition) is 3. The van der Waals surface area contributed by atoms with Crippen molar-refractivity contribution in [2.75, 3.05) is 7.11 Å². The van der Waals surface area contributed by atoms with E-state index >= 15 is 0 Å². The fraction of sp³-hybridized carbons (Fsp3) is 0.200. The van der Waals surface area contributed by atoms with Gasteiger partial charge in [0.1, 0.15) is 5.75 Å². The first kappa shape index (κ1) is 14.4. The minimum Gasteiger partial charge on any atom is -0.496 e. The van der Waals surface area contributed by atoms with Crippen LogP contribution in [-0.2, 0) is 12.4 Å². The van der Waals surface area contributed by atoms with Crippen LogP contribution in [0.3, 0.4) is 0 Å². The van der Waals surface area contributed by atoms with Crippen LogP contribution in [0.5, 0.6) is 5.75 Å². The summed E-state index contributed by atoms with van der Waals surface area (Å²) in [6, 6.07) is 14.1. The summed E-state index contributed by atoms with van der Waals surface area (Å²) in [4.78, 5) is 1.17. The summed E-state index contributed by atoms with van der Waals surface area (Å²) in [5.41, 5.74) is 2.17. The van der Waals surface area contributed by atoms with Gasteiger partial charge in [-0.3, -0.25) is 0 Å². The largest absolute Gasteiger partial charge is 0.496 e. The van der Waals surface area contributed by atoms with E-state index in [0.717, 1.165) is 21.5 Å². The summed E-state index contributed by atoms with van der Waals surface area (Å²) in [7, 11) is 1.66. The third-order valence-corrected chi connectivity index (χ3v) is 4.39. The number of ether oxygens (including phenoxy) is 1. The Hall–Kier alpha value is -0.970. The maximum atomic E-state index is 9.11. The van der Waals surface area contributed by atoms with Gasteiger partial charge in [-0.2, -0.15) is 0 Å². The maximum absolute atomic E-state index is 9.11. The molecule has 4 heteroatoms. The zero-order valence-electron chi connectivity index (χ0n) is 10.6. The topological polar surface area (TPSA) is 29.5 Å². The fourth-order valence-corrected chi connectivity index (χ4v) is 3.21. The molecule has 0 aromatic heterocycles. The van der Waals surface area contributed by atoms with Crippen LogP contribution in [0.1, 0.15) is 11.1 Å². The molecule has 2 nitrogen and oxygen atoms in total. The van der Waals surface area contributed by atoms with Crippen molar-refractivity contribution in [1.82, 2.24) is 0 Å². The summed E-state index contributed by atoms with van der Waals surface area (Å²) in [5.74, 6) is 1.73. The second kappa shape index (κ2) is 6.98. The zero-order valence-corrected chi connectivity index (χ0v) is 13.0. The highest BCUT2D eigenvalue weighted by molar-refractivity contribution is 9.10. The Bertz CT molecular complexity index is 558. The first-order chi connectivity index (χ1) is 9.22. The van der Waals surface area contributed by atoms with Crippen molar-refractivity contribution >= 4 is 27.7 Å². The highest BCUT2D eigenvalue weighted by Crippen LogP contribution is 2.29. The van der Waals surface area contributed by atoms with Gasteiger partial charge in [-0.05, 0) is 51.3 Å². The van der Waals surface area contributed by atoms with Crippen molar-refractivity contribution < 1.29 is 9.84 Å². The number of rotatable bonds is 5. The smallest absolute Gasteiger partial charge is 0.133 e. The van der Waals surface area contributed by atoms with Crippen LogP contribution in [0, 0.1) is 0 Å². The lowest BCUT2D eigenvalue weighted by molar-refractivity contribution is 0.281. The summed E-state index contributed by atoms with van der Waals surface area (Å²) in [5, 5.41) is 9.11. The van der Waals surface area contributed by atoms with Gasteiger partial charge in [-0.15, -0.1) is 11.8 Å². The normalized spacial score (nSPS) is 10.5. The predicted molar refractivity (Wildman–Crippen MR) is 82.6 cm³/mol. The SMILES string of the molecule is COc1ccc(CSc2cccc(CO)c2)cc1Br. The van der Waals surface area contributed by atoms with Gasteiger partial charge in [0, 0.05) is 10.6 Å². The molecule has 100 valence electrons. The van der Waals surface area contributed by atoms with Crippen LogP contribution in [0.25, 0.3) is 0 Å². The quantitative estimate of drug-likeness (QED) is 0.826. The molecule has 0 heterocycles. The van der Waals surface area contributed by atoms with Crippen molar-refractivity contribution in [3.05, 3.63) is 58.1 Å². The molecule has 0 saturated heterocycles. The van der Waals surface area contributed by atoms with Gasteiger partial charge in [0.2, 0.25) is 0 Å². The molecule has 19 heavy (non-hydrogen) atoms. The first-order valence-corrected chi connectivity index (χ1v) is 7.66. The lowest BCUT2D eigenvalue weighted by atomic mass is 10.2. The van der Waals surface area contributed by atoms with Crippen molar-refractivity contribution in [2.24, 2.45) is 0 Å². The van der Waals surface area contributed by atoms with E-state index in [1.165, 1.54) is 10.5 Å². The van der Waals surface area contributed by atoms with E-state index in [9.17, 15) is 0 Å². The van der Waals surface area contributed by atoms with Crippen LogP contribution < -0.4 is 4.74 Å². The molecule has 0 aliphatic heterocycles. The highest BCUT2D eigenvalue weighted by Gasteiger charge is 2.02. The number of halogens is 1. The molecular weight excluding hydrogens is 324 g/mol. The minimum atomic E-state index is 0.0858. The summed E-state index contributed by atoms with van der Waals surface area (Å²) in [6.07, 6.45) is 0. The highest BCUT2D eigenvalue weighted by atomic mass is 79.9. The maximum Gasteiger partial charge on any atom is 0.133 e. The lowest BCUT2D eigenvalue weighted by Crippen LogP contribution is -1.87. The summed E-state index contributed by atoms with van der Waals surface area (Å²) >= 11 is 5.24. The number of aliphatic hydroxyl groups excluding tert-OH is 1. The van der Waals surface area contributed by atoms with Crippen LogP contribution in [0.15, 0.2) is 51.8 Å². The van der Waals surface area contributed by atoms with E-state index in [0.29, 0.717) is 0 Å². The molecule has 2 aromatic rings. The Labute approximate surface area is 125 Å². The average Bonchev–Trinajstić information content (AvgIpc) is 2.45. The van der Waals surface area contributed by atoms with Gasteiger partial charge in [0.15, 0.2) is 0 Å². The molecule has 0 atom stereocenters. The van der Waals surface area contributed by atoms with E-state index in [1.807, 2.05) is 24.3 Å². The monoisotopic (exact) mass is 338 g/mol. The van der Waals surface area contributed by atoms with Crippen LogP contribution >= 0.6 is 27.7 Å². The molecule has 0 aliphatic rings. The molecule has 0 unspecified atom stereocenters. The Balaban J connectivity index is 2.03. The van der Waals surface area contributed by atoms with Crippen molar-refractivity contribution in [3.8, 4) is 5.75 Å². The van der Waals surface area contributed by atoms with E-state index in [-0.39, 0.29) is 6.61 Å². The van der Waals surface area contributed by atoms with Crippen LogP contribution in [0.2, 0.25) is 0 Å². The first-order valence-electron chi connectivity index (χ1n) is 5.88. The van der Waals surface area contributed by atoms with E-state index < -0.39 is 0 Å². The van der Waals surface area contributed by atoms with Gasteiger partial charge < -0.3 is 9.84 Å². The summed E-state index contributed by atoms with van der Waals surface area (Å²) in [6.45, 7) is 0.0858. The van der Waals surface area contributed by atoms with Crippen LogP contribution in [-0.4, -0.2) is 12.2 Å². The third-order valence-electron chi connectivity index (χ3n) is 2.70. The molecule has 0 saturated carbocycles. The summed E-state index contributed by atoms with van der Waals surface area (Å²) < 4.78 is 6.18. The van der Waals surface area contributed by atoms with Crippen LogP contribution in [0.4, 0.5) is 0 Å². The number of benzene rings is 2. The van der Waals surface area contributed by atoms with E-state index in [2.05, 4.69) is 34.1 Å². The molecule has 0 aliphatic carbocycles. The van der Waals surface area contributed by atoms with Gasteiger partial charge in [0.25, 0.3) is 0 Å². The average molecular weight is 339 g/mol. The molecular formula is C15H15BrO2S. The number of thioether (sulfide) groups is 1. The molecule has 0 radical (unpaired) electrons. The fourth-order valence-electron chi connectivity index (χ4n) is 1.70. The molecule has 0 spiro atoms. The molecule has 0 fully saturated rings. The van der Waals surface area contributed by atoms with Crippen molar-refractivity contribution in [3.63, 3.8) is 0 Å². The molecule has 2 aromatic carbocycles. The molecule has 0 bridgehead atoms. The van der Waals surface area contributed by atoms with Crippen molar-refractivity contribution in [2.45, 2.75) is 17.3 Å². The van der Waals surface area contributed by atoms with Crippen molar-refractivity contribution in [1.29, 1.82) is 0 Å². The second-order valence-corrected chi connectivity index (χ2v) is 5.97. The molecule has 1 N–H and O–H groups in total. The van der Waals surface area contributed by atoms with E-state index in [4.69, 9.17) is 9.84 Å². The Morgan fingerprint density at radius 1 is 1.16 bits per heavy atom. The minimum absolute atomic E-state index is 0.0858. The number of methoxy groups -OCH3 is 1. The van der Waals surface area contributed by atoms with E-state index in [1.54, 1.807) is 18.9 Å². The number of hydrogen-bond donors (Lipinski definition) is 1. The lowest BCUT2D eigenvalue weighted by Gasteiger charge is -2.07. The Morgan fingerprint density at radius 2 is 2.00 bits per heavy atom. The van der Waals surface area contributed by atoms with Gasteiger partial charge in [-0.25, -0.2) is 0 Å². The third kappa shape index (κ3) is 4.00. The standard InChI is InChI=1S/C15H15BrO2S/c1-18-15-6-5-12(8-14(15)16)10-19-13-4-2-3-11(7-13)9-17/h2-8,17H,9-10H2,1H3. The van der Waals surface area contributed by atoms with Gasteiger partial charge in [-0.1, -0.05) is 18.2 Å². The Kier molecular flexibility index (Phi) is 5.31. The Morgan fingerprint density at radius 3 is 2.68 bits per heavy atom. The predicted octanol–water partition coefficient (Wildman–Crippen LogP) is 4.24. The van der Waals surface area contributed by atoms with Gasteiger partial charge >= 0.3 is 0 Å². The number of aliphatic hydroxyl groups is 1. The molecule has 2 rings (SSSR count). The van der Waals surface area contributed by atoms with Gasteiger partial charge in [0.05, 0.1) is 18.2 Å². The molecule has 0 amide bonds. The zero-order chi connectivity index (χ0) is 13.7.